The van der Waals surface area contributed by atoms with E-state index in [1.165, 1.54) is 5.56 Å². The molecule has 2 N–H and O–H groups in total. The molecular formula is C15H19N3O. The van der Waals surface area contributed by atoms with Crippen LogP contribution in [0.25, 0.3) is 0 Å². The van der Waals surface area contributed by atoms with Crippen LogP contribution in [-0.2, 0) is 6.54 Å². The summed E-state index contributed by atoms with van der Waals surface area (Å²) in [6.45, 7) is 4.78. The summed E-state index contributed by atoms with van der Waals surface area (Å²) in [5.74, 6) is 1.79. The Morgan fingerprint density at radius 1 is 1.21 bits per heavy atom. The zero-order valence-corrected chi connectivity index (χ0v) is 11.3. The second-order valence-corrected chi connectivity index (χ2v) is 4.55. The summed E-state index contributed by atoms with van der Waals surface area (Å²) in [5.41, 5.74) is 7.80. The topological polar surface area (TPSA) is 61.0 Å². The molecule has 0 aliphatic heterocycles. The van der Waals surface area contributed by atoms with Gasteiger partial charge in [-0.25, -0.2) is 0 Å². The van der Waals surface area contributed by atoms with Gasteiger partial charge in [-0.05, 0) is 36.1 Å². The first kappa shape index (κ1) is 13.5. The third-order valence-corrected chi connectivity index (χ3v) is 3.26. The molecular weight excluding hydrogens is 238 g/mol. The molecule has 2 aromatic rings. The molecule has 1 aromatic carbocycles. The van der Waals surface area contributed by atoms with Gasteiger partial charge in [-0.1, -0.05) is 26.0 Å². The molecule has 0 saturated carbocycles. The molecule has 4 heteroatoms. The number of hydrogen-bond acceptors (Lipinski definition) is 4. The molecule has 4 nitrogen and oxygen atoms in total. The molecule has 0 saturated heterocycles. The van der Waals surface area contributed by atoms with Gasteiger partial charge < -0.3 is 10.5 Å². The van der Waals surface area contributed by atoms with E-state index in [0.29, 0.717) is 18.3 Å². The maximum atomic E-state index is 5.72. The molecule has 1 aromatic heterocycles. The van der Waals surface area contributed by atoms with Crippen molar-refractivity contribution in [3.63, 3.8) is 0 Å². The number of nitrogens with two attached hydrogens (primary N) is 1. The van der Waals surface area contributed by atoms with Crippen molar-refractivity contribution in [1.82, 2.24) is 10.2 Å². The lowest BCUT2D eigenvalue weighted by atomic mass is 9.99. The minimum atomic E-state index is 0.385. The van der Waals surface area contributed by atoms with Crippen molar-refractivity contribution in [3.05, 3.63) is 47.7 Å². The van der Waals surface area contributed by atoms with Gasteiger partial charge in [-0.2, -0.15) is 5.10 Å². The van der Waals surface area contributed by atoms with Gasteiger partial charge >= 0.3 is 0 Å². The zero-order valence-electron chi connectivity index (χ0n) is 11.3. The number of ether oxygens (including phenoxy) is 1. The number of hydrogen-bond donors (Lipinski definition) is 1. The maximum Gasteiger partial charge on any atom is 0.243 e. The third kappa shape index (κ3) is 3.29. The lowest BCUT2D eigenvalue weighted by Gasteiger charge is -2.11. The Kier molecular flexibility index (Phi) is 4.47. The predicted octanol–water partition coefficient (Wildman–Crippen LogP) is 3.24. The van der Waals surface area contributed by atoms with Gasteiger partial charge in [0.1, 0.15) is 5.75 Å². The Morgan fingerprint density at radius 2 is 1.95 bits per heavy atom. The number of aromatic nitrogens is 2. The summed E-state index contributed by atoms with van der Waals surface area (Å²) in [6.07, 6.45) is 2.74. The smallest absolute Gasteiger partial charge is 0.243 e. The Bertz CT molecular complexity index is 525. The Hall–Kier alpha value is -1.94. The van der Waals surface area contributed by atoms with Crippen LogP contribution in [0.2, 0.25) is 0 Å². The van der Waals surface area contributed by atoms with E-state index in [1.54, 1.807) is 6.20 Å². The van der Waals surface area contributed by atoms with E-state index in [4.69, 9.17) is 10.5 Å². The molecule has 0 aliphatic rings. The van der Waals surface area contributed by atoms with Crippen LogP contribution in [-0.4, -0.2) is 10.2 Å². The fraction of sp³-hybridized carbons (Fsp3) is 0.333. The highest BCUT2D eigenvalue weighted by atomic mass is 16.5. The summed E-state index contributed by atoms with van der Waals surface area (Å²) in [4.78, 5) is 0. The van der Waals surface area contributed by atoms with Crippen LogP contribution in [0.3, 0.4) is 0 Å². The SMILES string of the molecule is CCC(C)c1ccc(Oc2nnccc2CN)cc1. The van der Waals surface area contributed by atoms with E-state index in [-0.39, 0.29) is 0 Å². The minimum Gasteiger partial charge on any atom is -0.437 e. The Morgan fingerprint density at radius 3 is 2.58 bits per heavy atom. The molecule has 0 amide bonds. The second-order valence-electron chi connectivity index (χ2n) is 4.55. The standard InChI is InChI=1S/C15H19N3O/c1-3-11(2)12-4-6-14(7-5-12)19-15-13(10-16)8-9-17-18-15/h4-9,11H,3,10,16H2,1-2H3. The summed E-state index contributed by atoms with van der Waals surface area (Å²) < 4.78 is 5.72. The molecule has 1 atom stereocenters. The highest BCUT2D eigenvalue weighted by Gasteiger charge is 2.07. The highest BCUT2D eigenvalue weighted by Crippen LogP contribution is 2.25. The summed E-state index contributed by atoms with van der Waals surface area (Å²) in [5, 5.41) is 7.78. The Balaban J connectivity index is 2.15. The second kappa shape index (κ2) is 6.29. The average molecular weight is 257 g/mol. The largest absolute Gasteiger partial charge is 0.437 e. The van der Waals surface area contributed by atoms with Gasteiger partial charge in [0.25, 0.3) is 0 Å². The molecule has 0 radical (unpaired) electrons. The number of rotatable bonds is 5. The zero-order chi connectivity index (χ0) is 13.7. The summed E-state index contributed by atoms with van der Waals surface area (Å²) in [6, 6.07) is 9.90. The normalized spacial score (nSPS) is 12.2. The fourth-order valence-corrected chi connectivity index (χ4v) is 1.80. The first-order valence-corrected chi connectivity index (χ1v) is 6.53. The van der Waals surface area contributed by atoms with Gasteiger partial charge in [-0.3, -0.25) is 0 Å². The van der Waals surface area contributed by atoms with Crippen molar-refractivity contribution in [2.24, 2.45) is 5.73 Å². The number of nitrogens with zero attached hydrogens (tertiary/aromatic N) is 2. The van der Waals surface area contributed by atoms with E-state index in [9.17, 15) is 0 Å². The molecule has 0 bridgehead atoms. The quantitative estimate of drug-likeness (QED) is 0.893. The first-order valence-electron chi connectivity index (χ1n) is 6.53. The molecule has 2 rings (SSSR count). The molecule has 1 heterocycles. The van der Waals surface area contributed by atoms with Crippen molar-refractivity contribution in [1.29, 1.82) is 0 Å². The van der Waals surface area contributed by atoms with Crippen molar-refractivity contribution >= 4 is 0 Å². The monoisotopic (exact) mass is 257 g/mol. The molecule has 0 spiro atoms. The fourth-order valence-electron chi connectivity index (χ4n) is 1.80. The summed E-state index contributed by atoms with van der Waals surface area (Å²) in [7, 11) is 0. The predicted molar refractivity (Wildman–Crippen MR) is 75.1 cm³/mol. The molecule has 0 fully saturated rings. The van der Waals surface area contributed by atoms with Crippen LogP contribution < -0.4 is 10.5 Å². The van der Waals surface area contributed by atoms with Gasteiger partial charge in [0.15, 0.2) is 0 Å². The molecule has 19 heavy (non-hydrogen) atoms. The van der Waals surface area contributed by atoms with Crippen molar-refractivity contribution in [3.8, 4) is 11.6 Å². The Labute approximate surface area is 113 Å². The van der Waals surface area contributed by atoms with Crippen LogP contribution in [0.4, 0.5) is 0 Å². The van der Waals surface area contributed by atoms with Crippen molar-refractivity contribution in [2.75, 3.05) is 0 Å². The lowest BCUT2D eigenvalue weighted by Crippen LogP contribution is -2.02. The average Bonchev–Trinajstić information content (AvgIpc) is 2.48. The minimum absolute atomic E-state index is 0.385. The summed E-state index contributed by atoms with van der Waals surface area (Å²) >= 11 is 0. The van der Waals surface area contributed by atoms with E-state index in [0.717, 1.165) is 17.7 Å². The van der Waals surface area contributed by atoms with E-state index in [1.807, 2.05) is 18.2 Å². The van der Waals surface area contributed by atoms with E-state index in [2.05, 4.69) is 36.2 Å². The molecule has 1 unspecified atom stereocenters. The van der Waals surface area contributed by atoms with E-state index >= 15 is 0 Å². The molecule has 100 valence electrons. The number of benzene rings is 1. The highest BCUT2D eigenvalue weighted by molar-refractivity contribution is 5.34. The van der Waals surface area contributed by atoms with Crippen molar-refractivity contribution in [2.45, 2.75) is 32.7 Å². The van der Waals surface area contributed by atoms with Crippen LogP contribution in [0.1, 0.15) is 37.3 Å². The van der Waals surface area contributed by atoms with Gasteiger partial charge in [0.05, 0.1) is 6.20 Å². The lowest BCUT2D eigenvalue weighted by molar-refractivity contribution is 0.448. The van der Waals surface area contributed by atoms with Crippen LogP contribution in [0.15, 0.2) is 36.5 Å². The molecule has 0 aliphatic carbocycles. The van der Waals surface area contributed by atoms with Crippen LogP contribution >= 0.6 is 0 Å². The van der Waals surface area contributed by atoms with Crippen LogP contribution in [0.5, 0.6) is 11.6 Å². The van der Waals surface area contributed by atoms with Crippen molar-refractivity contribution < 1.29 is 4.74 Å². The van der Waals surface area contributed by atoms with Gasteiger partial charge in [0, 0.05) is 12.1 Å². The third-order valence-electron chi connectivity index (χ3n) is 3.26. The van der Waals surface area contributed by atoms with Gasteiger partial charge in [0.2, 0.25) is 5.88 Å². The van der Waals surface area contributed by atoms with Crippen LogP contribution in [0, 0.1) is 0 Å². The first-order chi connectivity index (χ1) is 9.24. The maximum absolute atomic E-state index is 5.72. The van der Waals surface area contributed by atoms with Gasteiger partial charge in [-0.15, -0.1) is 5.10 Å². The van der Waals surface area contributed by atoms with E-state index < -0.39 is 0 Å².